The van der Waals surface area contributed by atoms with Crippen molar-refractivity contribution in [1.29, 1.82) is 0 Å². The SMILES string of the molecule is CCCCOc1c2n(cc(C(=O)NCc3c(F)cc(F)cc3F)c1=O)[C@@H]1CN(C2=O)[C@@H](C)C=C[C@@]1(O)CC. The average Bonchev–Trinajstić information content (AvgIpc) is 2.98. The highest BCUT2D eigenvalue weighted by Crippen LogP contribution is 2.39. The van der Waals surface area contributed by atoms with E-state index in [1.165, 1.54) is 15.7 Å². The zero-order valence-electron chi connectivity index (χ0n) is 21.4. The van der Waals surface area contributed by atoms with Crippen molar-refractivity contribution >= 4 is 11.8 Å². The van der Waals surface area contributed by atoms with E-state index in [0.29, 0.717) is 18.6 Å². The van der Waals surface area contributed by atoms with Crippen LogP contribution in [0.25, 0.3) is 0 Å². The minimum absolute atomic E-state index is 0.0723. The number of aromatic nitrogens is 1. The first-order valence-electron chi connectivity index (χ1n) is 12.6. The highest BCUT2D eigenvalue weighted by Gasteiger charge is 2.46. The maximum atomic E-state index is 14.1. The van der Waals surface area contributed by atoms with E-state index in [2.05, 4.69) is 5.32 Å². The minimum Gasteiger partial charge on any atom is -0.487 e. The van der Waals surface area contributed by atoms with Crippen molar-refractivity contribution in [3.63, 3.8) is 0 Å². The predicted molar refractivity (Wildman–Crippen MR) is 133 cm³/mol. The molecule has 1 aromatic heterocycles. The van der Waals surface area contributed by atoms with Gasteiger partial charge in [0.15, 0.2) is 11.4 Å². The van der Waals surface area contributed by atoms with Crippen molar-refractivity contribution < 1.29 is 32.6 Å². The van der Waals surface area contributed by atoms with Crippen LogP contribution in [0, 0.1) is 17.5 Å². The molecule has 0 saturated carbocycles. The van der Waals surface area contributed by atoms with Gasteiger partial charge < -0.3 is 24.6 Å². The number of pyridine rings is 1. The smallest absolute Gasteiger partial charge is 0.275 e. The van der Waals surface area contributed by atoms with Gasteiger partial charge in [0.05, 0.1) is 12.6 Å². The Morgan fingerprint density at radius 3 is 2.53 bits per heavy atom. The summed E-state index contributed by atoms with van der Waals surface area (Å²) < 4.78 is 48.6. The van der Waals surface area contributed by atoms with Crippen molar-refractivity contribution in [1.82, 2.24) is 14.8 Å². The third kappa shape index (κ3) is 4.82. The van der Waals surface area contributed by atoms with Gasteiger partial charge in [0, 0.05) is 43.0 Å². The van der Waals surface area contributed by atoms with Crippen molar-refractivity contribution in [3.05, 3.63) is 75.0 Å². The molecule has 2 bridgehead atoms. The fourth-order valence-electron chi connectivity index (χ4n) is 4.80. The van der Waals surface area contributed by atoms with Gasteiger partial charge in [-0.05, 0) is 19.8 Å². The van der Waals surface area contributed by atoms with E-state index in [-0.39, 0.29) is 37.1 Å². The van der Waals surface area contributed by atoms with Crippen LogP contribution >= 0.6 is 0 Å². The molecule has 3 heterocycles. The first-order chi connectivity index (χ1) is 18.0. The number of halogens is 3. The minimum atomic E-state index is -1.40. The molecule has 0 unspecified atom stereocenters. The summed E-state index contributed by atoms with van der Waals surface area (Å²) in [6.07, 6.45) is 6.14. The lowest BCUT2D eigenvalue weighted by Gasteiger charge is -2.42. The van der Waals surface area contributed by atoms with Gasteiger partial charge in [-0.25, -0.2) is 13.2 Å². The molecule has 11 heteroatoms. The largest absolute Gasteiger partial charge is 0.487 e. The Morgan fingerprint density at radius 2 is 1.89 bits per heavy atom. The van der Waals surface area contributed by atoms with Crippen LogP contribution in [0.5, 0.6) is 5.75 Å². The number of unbranched alkanes of at least 4 members (excludes halogenated alkanes) is 1. The molecule has 1 aromatic carbocycles. The molecule has 38 heavy (non-hydrogen) atoms. The second-order valence-electron chi connectivity index (χ2n) is 9.61. The van der Waals surface area contributed by atoms with Gasteiger partial charge in [-0.2, -0.15) is 0 Å². The second kappa shape index (κ2) is 10.6. The Bertz CT molecular complexity index is 1340. The van der Waals surface area contributed by atoms with Crippen molar-refractivity contribution in [2.75, 3.05) is 13.2 Å². The van der Waals surface area contributed by atoms with Crippen molar-refractivity contribution in [3.8, 4) is 5.75 Å². The Hall–Kier alpha value is -3.60. The van der Waals surface area contributed by atoms with Crippen molar-refractivity contribution in [2.45, 2.75) is 64.3 Å². The molecule has 0 fully saturated rings. The molecule has 2 amide bonds. The van der Waals surface area contributed by atoms with E-state index in [9.17, 15) is 32.7 Å². The zero-order valence-corrected chi connectivity index (χ0v) is 21.4. The fourth-order valence-corrected chi connectivity index (χ4v) is 4.80. The first kappa shape index (κ1) is 27.4. The van der Waals surface area contributed by atoms with E-state index < -0.39 is 64.0 Å². The first-order valence-corrected chi connectivity index (χ1v) is 12.6. The highest BCUT2D eigenvalue weighted by molar-refractivity contribution is 5.99. The molecule has 0 aliphatic carbocycles. The molecule has 2 aliphatic rings. The number of carbonyl (C=O) groups excluding carboxylic acids is 2. The monoisotopic (exact) mass is 533 g/mol. The molecule has 0 radical (unpaired) electrons. The molecule has 0 saturated heterocycles. The van der Waals surface area contributed by atoms with Gasteiger partial charge in [-0.15, -0.1) is 0 Å². The van der Waals surface area contributed by atoms with Gasteiger partial charge in [-0.3, -0.25) is 14.4 Å². The van der Waals surface area contributed by atoms with Crippen molar-refractivity contribution in [2.24, 2.45) is 0 Å². The average molecular weight is 534 g/mol. The number of hydrogen-bond donors (Lipinski definition) is 2. The third-order valence-corrected chi connectivity index (χ3v) is 7.18. The molecule has 0 spiro atoms. The van der Waals surface area contributed by atoms with Crippen LogP contribution in [-0.4, -0.2) is 51.2 Å². The number of carbonyl (C=O) groups is 2. The van der Waals surface area contributed by atoms with E-state index in [1.54, 1.807) is 26.0 Å². The lowest BCUT2D eigenvalue weighted by molar-refractivity contribution is 0.00621. The van der Waals surface area contributed by atoms with E-state index in [1.807, 2.05) is 6.92 Å². The summed E-state index contributed by atoms with van der Waals surface area (Å²) in [5.74, 6) is -5.26. The molecule has 204 valence electrons. The number of aliphatic hydroxyl groups is 1. The Morgan fingerprint density at radius 1 is 1.21 bits per heavy atom. The summed E-state index contributed by atoms with van der Waals surface area (Å²) in [5, 5.41) is 13.8. The summed E-state index contributed by atoms with van der Waals surface area (Å²) in [6.45, 7) is 5.08. The summed E-state index contributed by atoms with van der Waals surface area (Å²) >= 11 is 0. The molecule has 3 atom stereocenters. The number of nitrogens with one attached hydrogen (secondary N) is 1. The summed E-state index contributed by atoms with van der Waals surface area (Å²) in [4.78, 5) is 41.7. The Labute approximate surface area is 217 Å². The van der Waals surface area contributed by atoms with Crippen LogP contribution in [-0.2, 0) is 6.54 Å². The number of amides is 2. The zero-order chi connectivity index (χ0) is 27.8. The summed E-state index contributed by atoms with van der Waals surface area (Å²) in [6, 6.07) is -0.126. The fraction of sp³-hybridized carbons (Fsp3) is 0.444. The third-order valence-electron chi connectivity index (χ3n) is 7.18. The maximum absolute atomic E-state index is 14.1. The molecule has 2 N–H and O–H groups in total. The summed E-state index contributed by atoms with van der Waals surface area (Å²) in [5.41, 5.74) is -3.34. The van der Waals surface area contributed by atoms with Crippen LogP contribution in [0.15, 0.2) is 35.3 Å². The predicted octanol–water partition coefficient (Wildman–Crippen LogP) is 3.47. The van der Waals surface area contributed by atoms with Gasteiger partial charge in [0.2, 0.25) is 5.43 Å². The molecule has 4 rings (SSSR count). The number of fused-ring (bicyclic) bond motifs is 4. The molecule has 8 nitrogen and oxygen atoms in total. The summed E-state index contributed by atoms with van der Waals surface area (Å²) in [7, 11) is 0. The Balaban J connectivity index is 1.81. The number of hydrogen-bond acceptors (Lipinski definition) is 5. The number of benzene rings is 1. The topological polar surface area (TPSA) is 101 Å². The van der Waals surface area contributed by atoms with Gasteiger partial charge in [0.25, 0.3) is 11.8 Å². The second-order valence-corrected chi connectivity index (χ2v) is 9.61. The lowest BCUT2D eigenvalue weighted by Crippen LogP contribution is -2.52. The quantitative estimate of drug-likeness (QED) is 0.400. The van der Waals surface area contributed by atoms with Crippen LogP contribution < -0.4 is 15.5 Å². The number of rotatable bonds is 8. The highest BCUT2D eigenvalue weighted by atomic mass is 19.1. The molecular formula is C27H30F3N3O5. The standard InChI is InChI=1S/C27H30F3N3O5/c1-4-6-9-38-24-22-26(36)32-14-21(27(37,5-2)8-7-15(32)3)33(22)13-18(23(24)34)25(35)31-12-17-19(29)10-16(28)11-20(17)30/h7-8,10-11,13,15,21,37H,4-6,9,12,14H2,1-3H3,(H,31,35)/t15-,21+,27-/m0/s1. The normalized spacial score (nSPS) is 22.2. The molecule has 2 aromatic rings. The van der Waals surface area contributed by atoms with Gasteiger partial charge >= 0.3 is 0 Å². The molecular weight excluding hydrogens is 503 g/mol. The molecule has 2 aliphatic heterocycles. The number of nitrogens with zero attached hydrogens (tertiary/aromatic N) is 2. The Kier molecular flexibility index (Phi) is 7.68. The van der Waals surface area contributed by atoms with E-state index in [0.717, 1.165) is 6.42 Å². The van der Waals surface area contributed by atoms with Crippen LogP contribution in [0.2, 0.25) is 0 Å². The van der Waals surface area contributed by atoms with Crippen LogP contribution in [0.3, 0.4) is 0 Å². The van der Waals surface area contributed by atoms with E-state index in [4.69, 9.17) is 4.74 Å². The van der Waals surface area contributed by atoms with Gasteiger partial charge in [0.1, 0.15) is 28.6 Å². The lowest BCUT2D eigenvalue weighted by atomic mass is 9.89. The number of ether oxygens (including phenoxy) is 1. The van der Waals surface area contributed by atoms with E-state index >= 15 is 0 Å². The van der Waals surface area contributed by atoms with Crippen LogP contribution in [0.1, 0.15) is 72.5 Å². The van der Waals surface area contributed by atoms with Crippen LogP contribution in [0.4, 0.5) is 13.2 Å². The maximum Gasteiger partial charge on any atom is 0.275 e. The van der Waals surface area contributed by atoms with Gasteiger partial charge in [-0.1, -0.05) is 32.4 Å².